The predicted molar refractivity (Wildman–Crippen MR) is 107 cm³/mol. The molecule has 6 nitrogen and oxygen atoms in total. The molecule has 1 atom stereocenters. The summed E-state index contributed by atoms with van der Waals surface area (Å²) in [5.74, 6) is 0.0204. The van der Waals surface area contributed by atoms with Gasteiger partial charge >= 0.3 is 0 Å². The molecular weight excluding hydrogens is 354 g/mol. The molecule has 2 aliphatic rings. The van der Waals surface area contributed by atoms with Gasteiger partial charge in [0.2, 0.25) is 17.7 Å². The van der Waals surface area contributed by atoms with Gasteiger partial charge in [-0.3, -0.25) is 14.4 Å². The van der Waals surface area contributed by atoms with Crippen molar-refractivity contribution in [3.05, 3.63) is 35.9 Å². The summed E-state index contributed by atoms with van der Waals surface area (Å²) in [6, 6.07) is 10.0. The molecule has 2 saturated heterocycles. The average molecular weight is 386 g/mol. The number of rotatable bonds is 8. The summed E-state index contributed by atoms with van der Waals surface area (Å²) in [5.41, 5.74) is 1.12. The largest absolute Gasteiger partial charge is 0.356 e. The number of likely N-dealkylation sites (tertiary alicyclic amines) is 2. The summed E-state index contributed by atoms with van der Waals surface area (Å²) in [7, 11) is 0. The zero-order valence-electron chi connectivity index (χ0n) is 16.6. The van der Waals surface area contributed by atoms with Crippen molar-refractivity contribution < 1.29 is 14.4 Å². The fraction of sp³-hybridized carbons (Fsp3) is 0.591. The van der Waals surface area contributed by atoms with Gasteiger partial charge in [0.15, 0.2) is 0 Å². The average Bonchev–Trinajstić information content (AvgIpc) is 3.03. The summed E-state index contributed by atoms with van der Waals surface area (Å²) < 4.78 is 0. The van der Waals surface area contributed by atoms with E-state index in [4.69, 9.17) is 0 Å². The Morgan fingerprint density at radius 2 is 1.82 bits per heavy atom. The van der Waals surface area contributed by atoms with Crippen molar-refractivity contribution >= 4 is 17.7 Å². The molecule has 1 aromatic carbocycles. The molecule has 152 valence electrons. The highest BCUT2D eigenvalue weighted by atomic mass is 16.2. The first-order valence-corrected chi connectivity index (χ1v) is 10.5. The number of benzene rings is 1. The van der Waals surface area contributed by atoms with E-state index in [1.807, 2.05) is 40.1 Å². The first-order chi connectivity index (χ1) is 13.6. The highest BCUT2D eigenvalue weighted by molar-refractivity contribution is 5.86. The van der Waals surface area contributed by atoms with Gasteiger partial charge in [0.1, 0.15) is 0 Å². The molecule has 1 N–H and O–H groups in total. The van der Waals surface area contributed by atoms with E-state index < -0.39 is 0 Å². The third-order valence-electron chi connectivity index (χ3n) is 5.64. The second kappa shape index (κ2) is 10.2. The van der Waals surface area contributed by atoms with Gasteiger partial charge < -0.3 is 15.1 Å². The van der Waals surface area contributed by atoms with E-state index in [0.717, 1.165) is 50.8 Å². The van der Waals surface area contributed by atoms with E-state index in [-0.39, 0.29) is 30.1 Å². The maximum Gasteiger partial charge on any atom is 0.226 e. The van der Waals surface area contributed by atoms with Crippen LogP contribution in [-0.4, -0.2) is 53.7 Å². The molecule has 0 aliphatic carbocycles. The zero-order chi connectivity index (χ0) is 19.8. The Balaban J connectivity index is 1.43. The van der Waals surface area contributed by atoms with Crippen molar-refractivity contribution in [3.63, 3.8) is 0 Å². The summed E-state index contributed by atoms with van der Waals surface area (Å²) in [6.07, 6.45) is 5.35. The Morgan fingerprint density at radius 3 is 2.57 bits per heavy atom. The summed E-state index contributed by atoms with van der Waals surface area (Å²) in [4.78, 5) is 40.6. The molecule has 2 fully saturated rings. The minimum Gasteiger partial charge on any atom is -0.356 e. The number of carbonyl (C=O) groups is 3. The number of nitrogens with one attached hydrogen (secondary N) is 1. The molecule has 0 bridgehead atoms. The van der Waals surface area contributed by atoms with Crippen LogP contribution < -0.4 is 5.32 Å². The summed E-state index contributed by atoms with van der Waals surface area (Å²) >= 11 is 0. The maximum atomic E-state index is 12.9. The molecule has 28 heavy (non-hydrogen) atoms. The number of nitrogens with zero attached hydrogens (tertiary/aromatic N) is 2. The van der Waals surface area contributed by atoms with Crippen LogP contribution in [0.1, 0.15) is 50.5 Å². The molecule has 0 spiro atoms. The van der Waals surface area contributed by atoms with Crippen LogP contribution in [0.3, 0.4) is 0 Å². The van der Waals surface area contributed by atoms with E-state index in [9.17, 15) is 14.4 Å². The third-order valence-corrected chi connectivity index (χ3v) is 5.64. The minimum absolute atomic E-state index is 0.0624. The highest BCUT2D eigenvalue weighted by Crippen LogP contribution is 2.22. The Hall–Kier alpha value is -2.37. The van der Waals surface area contributed by atoms with E-state index in [1.54, 1.807) is 0 Å². The van der Waals surface area contributed by atoms with Gasteiger partial charge in [-0.25, -0.2) is 0 Å². The number of hydrogen-bond acceptors (Lipinski definition) is 3. The molecule has 1 unspecified atom stereocenters. The monoisotopic (exact) mass is 385 g/mol. The smallest absolute Gasteiger partial charge is 0.226 e. The topological polar surface area (TPSA) is 69.7 Å². The number of amides is 3. The van der Waals surface area contributed by atoms with E-state index in [0.29, 0.717) is 26.1 Å². The lowest BCUT2D eigenvalue weighted by Crippen LogP contribution is -2.37. The Morgan fingerprint density at radius 1 is 1.04 bits per heavy atom. The maximum absolute atomic E-state index is 12.9. The van der Waals surface area contributed by atoms with Crippen LogP contribution in [0.25, 0.3) is 0 Å². The van der Waals surface area contributed by atoms with Gasteiger partial charge in [-0.05, 0) is 31.2 Å². The lowest BCUT2D eigenvalue weighted by molar-refractivity contribution is -0.138. The van der Waals surface area contributed by atoms with Crippen LogP contribution in [0.5, 0.6) is 0 Å². The fourth-order valence-electron chi connectivity index (χ4n) is 4.07. The lowest BCUT2D eigenvalue weighted by Gasteiger charge is -2.24. The predicted octanol–water partition coefficient (Wildman–Crippen LogP) is 2.33. The molecule has 6 heteroatoms. The van der Waals surface area contributed by atoms with Crippen molar-refractivity contribution in [3.8, 4) is 0 Å². The van der Waals surface area contributed by atoms with Crippen molar-refractivity contribution in [1.29, 1.82) is 0 Å². The van der Waals surface area contributed by atoms with Gasteiger partial charge in [0.25, 0.3) is 0 Å². The minimum atomic E-state index is -0.230. The fourth-order valence-corrected chi connectivity index (χ4v) is 4.07. The second-order valence-corrected chi connectivity index (χ2v) is 7.83. The van der Waals surface area contributed by atoms with Crippen LogP contribution in [0, 0.1) is 5.92 Å². The third kappa shape index (κ3) is 5.81. The van der Waals surface area contributed by atoms with Gasteiger partial charge in [0, 0.05) is 51.5 Å². The SMILES string of the molecule is O=C(CC1CCCCN(Cc2ccccc2)C1=O)NCCCN1CCCC1=O. The van der Waals surface area contributed by atoms with Gasteiger partial charge in [-0.1, -0.05) is 36.8 Å². The Labute approximate surface area is 167 Å². The molecule has 3 amide bonds. The molecule has 0 saturated carbocycles. The van der Waals surface area contributed by atoms with Crippen LogP contribution in [-0.2, 0) is 20.9 Å². The van der Waals surface area contributed by atoms with E-state index in [1.165, 1.54) is 0 Å². The zero-order valence-corrected chi connectivity index (χ0v) is 16.6. The Kier molecular flexibility index (Phi) is 7.46. The highest BCUT2D eigenvalue weighted by Gasteiger charge is 2.28. The quantitative estimate of drug-likeness (QED) is 0.699. The van der Waals surface area contributed by atoms with Gasteiger partial charge in [0.05, 0.1) is 0 Å². The standard InChI is InChI=1S/C22H31N3O3/c26-20(23-12-7-15-24-14-6-11-21(24)27)16-19-10-4-5-13-25(22(19)28)17-18-8-2-1-3-9-18/h1-3,8-9,19H,4-7,10-17H2,(H,23,26). The molecule has 0 radical (unpaired) electrons. The summed E-state index contributed by atoms with van der Waals surface area (Å²) in [6.45, 7) is 3.46. The van der Waals surface area contributed by atoms with Crippen LogP contribution in [0.4, 0.5) is 0 Å². The van der Waals surface area contributed by atoms with E-state index in [2.05, 4.69) is 5.32 Å². The van der Waals surface area contributed by atoms with Crippen molar-refractivity contribution in [2.24, 2.45) is 5.92 Å². The molecule has 0 aromatic heterocycles. The summed E-state index contributed by atoms with van der Waals surface area (Å²) in [5, 5.41) is 2.93. The number of hydrogen-bond donors (Lipinski definition) is 1. The molecule has 1 aromatic rings. The molecule has 2 heterocycles. The van der Waals surface area contributed by atoms with E-state index >= 15 is 0 Å². The first kappa shape index (κ1) is 20.4. The number of carbonyl (C=O) groups excluding carboxylic acids is 3. The van der Waals surface area contributed by atoms with Gasteiger partial charge in [-0.15, -0.1) is 0 Å². The van der Waals surface area contributed by atoms with Crippen molar-refractivity contribution in [2.45, 2.75) is 51.5 Å². The molecule has 2 aliphatic heterocycles. The van der Waals surface area contributed by atoms with Gasteiger partial charge in [-0.2, -0.15) is 0 Å². The first-order valence-electron chi connectivity index (χ1n) is 10.5. The van der Waals surface area contributed by atoms with Crippen LogP contribution >= 0.6 is 0 Å². The Bertz CT molecular complexity index is 677. The van der Waals surface area contributed by atoms with Crippen molar-refractivity contribution in [2.75, 3.05) is 26.2 Å². The molecule has 3 rings (SSSR count). The van der Waals surface area contributed by atoms with Crippen LogP contribution in [0.15, 0.2) is 30.3 Å². The lowest BCUT2D eigenvalue weighted by atomic mass is 9.98. The van der Waals surface area contributed by atoms with Crippen molar-refractivity contribution in [1.82, 2.24) is 15.1 Å². The normalized spacial score (nSPS) is 20.4. The molecular formula is C22H31N3O3. The van der Waals surface area contributed by atoms with Crippen LogP contribution in [0.2, 0.25) is 0 Å². The second-order valence-electron chi connectivity index (χ2n) is 7.83.